The number of rotatable bonds is 6. The molecule has 5 nitrogen and oxygen atoms in total. The average molecular weight is 266 g/mol. The van der Waals surface area contributed by atoms with Crippen LogP contribution in [0, 0.1) is 0 Å². The van der Waals surface area contributed by atoms with Crippen LogP contribution >= 0.6 is 0 Å². The standard InChI is InChI=1S/C14H22N2O3/c1-10(7-8-15)16(2)14(17)12-9-11(18-3)5-6-13(12)19-4/h5-6,9-10H,7-8,15H2,1-4H3. The van der Waals surface area contributed by atoms with E-state index in [1.165, 1.54) is 0 Å². The second kappa shape index (κ2) is 6.99. The van der Waals surface area contributed by atoms with Crippen LogP contribution in [0.25, 0.3) is 0 Å². The molecule has 0 aromatic heterocycles. The van der Waals surface area contributed by atoms with E-state index < -0.39 is 0 Å². The summed E-state index contributed by atoms with van der Waals surface area (Å²) < 4.78 is 10.4. The Morgan fingerprint density at radius 1 is 1.37 bits per heavy atom. The molecule has 0 spiro atoms. The SMILES string of the molecule is COc1ccc(OC)c(C(=O)N(C)C(C)CCN)c1. The Morgan fingerprint density at radius 3 is 2.58 bits per heavy atom. The van der Waals surface area contributed by atoms with Gasteiger partial charge in [-0.05, 0) is 38.1 Å². The highest BCUT2D eigenvalue weighted by Crippen LogP contribution is 2.25. The maximum atomic E-state index is 12.5. The summed E-state index contributed by atoms with van der Waals surface area (Å²) >= 11 is 0. The van der Waals surface area contributed by atoms with Crippen LogP contribution in [-0.4, -0.2) is 44.7 Å². The van der Waals surface area contributed by atoms with E-state index >= 15 is 0 Å². The van der Waals surface area contributed by atoms with Gasteiger partial charge in [-0.3, -0.25) is 4.79 Å². The first-order valence-corrected chi connectivity index (χ1v) is 6.24. The zero-order chi connectivity index (χ0) is 14.4. The molecule has 19 heavy (non-hydrogen) atoms. The van der Waals surface area contributed by atoms with Gasteiger partial charge in [0.15, 0.2) is 0 Å². The van der Waals surface area contributed by atoms with Gasteiger partial charge in [0, 0.05) is 13.1 Å². The summed E-state index contributed by atoms with van der Waals surface area (Å²) in [4.78, 5) is 14.1. The first-order chi connectivity index (χ1) is 9.04. The Hall–Kier alpha value is -1.75. The van der Waals surface area contributed by atoms with E-state index in [1.807, 2.05) is 6.92 Å². The highest BCUT2D eigenvalue weighted by atomic mass is 16.5. The van der Waals surface area contributed by atoms with Crippen molar-refractivity contribution in [1.82, 2.24) is 4.90 Å². The van der Waals surface area contributed by atoms with Crippen LogP contribution in [0.4, 0.5) is 0 Å². The number of nitrogens with zero attached hydrogens (tertiary/aromatic N) is 1. The molecule has 1 aromatic carbocycles. The third kappa shape index (κ3) is 3.61. The Morgan fingerprint density at radius 2 is 2.05 bits per heavy atom. The predicted octanol–water partition coefficient (Wildman–Crippen LogP) is 1.51. The van der Waals surface area contributed by atoms with Crippen molar-refractivity contribution < 1.29 is 14.3 Å². The Kier molecular flexibility index (Phi) is 5.63. The quantitative estimate of drug-likeness (QED) is 0.847. The van der Waals surface area contributed by atoms with Gasteiger partial charge in [-0.25, -0.2) is 0 Å². The van der Waals surface area contributed by atoms with Gasteiger partial charge in [-0.15, -0.1) is 0 Å². The van der Waals surface area contributed by atoms with E-state index in [4.69, 9.17) is 15.2 Å². The van der Waals surface area contributed by atoms with Gasteiger partial charge in [0.1, 0.15) is 11.5 Å². The van der Waals surface area contributed by atoms with Gasteiger partial charge in [0.2, 0.25) is 0 Å². The molecule has 2 N–H and O–H groups in total. The Balaban J connectivity index is 3.03. The van der Waals surface area contributed by atoms with Gasteiger partial charge >= 0.3 is 0 Å². The average Bonchev–Trinajstić information content (AvgIpc) is 2.45. The van der Waals surface area contributed by atoms with E-state index in [-0.39, 0.29) is 11.9 Å². The van der Waals surface area contributed by atoms with E-state index in [0.717, 1.165) is 6.42 Å². The maximum Gasteiger partial charge on any atom is 0.257 e. The maximum absolute atomic E-state index is 12.5. The fraction of sp³-hybridized carbons (Fsp3) is 0.500. The van der Waals surface area contributed by atoms with Gasteiger partial charge < -0.3 is 20.1 Å². The molecule has 5 heteroatoms. The second-order valence-electron chi connectivity index (χ2n) is 4.41. The third-order valence-corrected chi connectivity index (χ3v) is 3.20. The molecule has 0 fully saturated rings. The summed E-state index contributed by atoms with van der Waals surface area (Å²) in [5.41, 5.74) is 6.02. The normalized spacial score (nSPS) is 11.8. The molecule has 1 rings (SSSR count). The molecule has 0 saturated heterocycles. The number of amides is 1. The van der Waals surface area contributed by atoms with Crippen LogP contribution in [-0.2, 0) is 0 Å². The highest BCUT2D eigenvalue weighted by molar-refractivity contribution is 5.97. The Labute approximate surface area is 114 Å². The predicted molar refractivity (Wildman–Crippen MR) is 74.8 cm³/mol. The fourth-order valence-corrected chi connectivity index (χ4v) is 1.81. The van der Waals surface area contributed by atoms with Crippen molar-refractivity contribution in [3.8, 4) is 11.5 Å². The zero-order valence-electron chi connectivity index (χ0n) is 12.0. The number of carbonyl (C=O) groups excluding carboxylic acids is 1. The first-order valence-electron chi connectivity index (χ1n) is 6.24. The monoisotopic (exact) mass is 266 g/mol. The smallest absolute Gasteiger partial charge is 0.257 e. The van der Waals surface area contributed by atoms with Crippen LogP contribution < -0.4 is 15.2 Å². The molecule has 1 atom stereocenters. The zero-order valence-corrected chi connectivity index (χ0v) is 12.0. The molecule has 1 amide bonds. The topological polar surface area (TPSA) is 64.8 Å². The molecule has 0 heterocycles. The lowest BCUT2D eigenvalue weighted by Gasteiger charge is -2.25. The van der Waals surface area contributed by atoms with Crippen LogP contribution in [0.1, 0.15) is 23.7 Å². The van der Waals surface area contributed by atoms with Gasteiger partial charge in [0.25, 0.3) is 5.91 Å². The third-order valence-electron chi connectivity index (χ3n) is 3.20. The van der Waals surface area contributed by atoms with Gasteiger partial charge in [0.05, 0.1) is 19.8 Å². The lowest BCUT2D eigenvalue weighted by atomic mass is 10.1. The summed E-state index contributed by atoms with van der Waals surface area (Å²) in [5, 5.41) is 0. The van der Waals surface area contributed by atoms with E-state index in [9.17, 15) is 4.79 Å². The number of benzene rings is 1. The Bertz CT molecular complexity index is 435. The van der Waals surface area contributed by atoms with Crippen LogP contribution in [0.2, 0.25) is 0 Å². The fourth-order valence-electron chi connectivity index (χ4n) is 1.81. The van der Waals surface area contributed by atoms with Gasteiger partial charge in [-0.1, -0.05) is 0 Å². The first kappa shape index (κ1) is 15.3. The van der Waals surface area contributed by atoms with Gasteiger partial charge in [-0.2, -0.15) is 0 Å². The largest absolute Gasteiger partial charge is 0.497 e. The summed E-state index contributed by atoms with van der Waals surface area (Å²) in [6.45, 7) is 2.52. The molecule has 0 aliphatic heterocycles. The van der Waals surface area contributed by atoms with Crippen LogP contribution in [0.15, 0.2) is 18.2 Å². The highest BCUT2D eigenvalue weighted by Gasteiger charge is 2.21. The molecule has 0 saturated carbocycles. The second-order valence-corrected chi connectivity index (χ2v) is 4.41. The van der Waals surface area contributed by atoms with Crippen molar-refractivity contribution in [1.29, 1.82) is 0 Å². The lowest BCUT2D eigenvalue weighted by molar-refractivity contribution is 0.0735. The molecular weight excluding hydrogens is 244 g/mol. The van der Waals surface area contributed by atoms with E-state index in [1.54, 1.807) is 44.4 Å². The van der Waals surface area contributed by atoms with Crippen molar-refractivity contribution >= 4 is 5.91 Å². The van der Waals surface area contributed by atoms with Crippen molar-refractivity contribution in [3.63, 3.8) is 0 Å². The van der Waals surface area contributed by atoms with Crippen LogP contribution in [0.3, 0.4) is 0 Å². The minimum Gasteiger partial charge on any atom is -0.497 e. The summed E-state index contributed by atoms with van der Waals surface area (Å²) in [6.07, 6.45) is 0.758. The van der Waals surface area contributed by atoms with Crippen LogP contribution in [0.5, 0.6) is 11.5 Å². The van der Waals surface area contributed by atoms with Crippen molar-refractivity contribution in [2.45, 2.75) is 19.4 Å². The summed E-state index contributed by atoms with van der Waals surface area (Å²) in [5.74, 6) is 1.07. The van der Waals surface area contributed by atoms with Crippen molar-refractivity contribution in [3.05, 3.63) is 23.8 Å². The molecule has 0 aliphatic rings. The molecule has 1 aromatic rings. The van der Waals surface area contributed by atoms with E-state index in [2.05, 4.69) is 0 Å². The number of ether oxygens (including phenoxy) is 2. The molecule has 0 bridgehead atoms. The molecule has 0 aliphatic carbocycles. The summed E-state index contributed by atoms with van der Waals surface area (Å²) in [7, 11) is 4.88. The van der Waals surface area contributed by atoms with Crippen molar-refractivity contribution in [2.24, 2.45) is 5.73 Å². The minimum atomic E-state index is -0.100. The molecular formula is C14H22N2O3. The number of methoxy groups -OCH3 is 2. The number of hydrogen-bond donors (Lipinski definition) is 1. The minimum absolute atomic E-state index is 0.0772. The van der Waals surface area contributed by atoms with Crippen molar-refractivity contribution in [2.75, 3.05) is 27.8 Å². The molecule has 0 radical (unpaired) electrons. The van der Waals surface area contributed by atoms with E-state index in [0.29, 0.717) is 23.6 Å². The molecule has 1 unspecified atom stereocenters. The molecule has 106 valence electrons. The number of carbonyl (C=O) groups is 1. The number of nitrogens with two attached hydrogens (primary N) is 1. The number of hydrogen-bond acceptors (Lipinski definition) is 4. The lowest BCUT2D eigenvalue weighted by Crippen LogP contribution is -2.36. The summed E-state index contributed by atoms with van der Waals surface area (Å²) in [6, 6.07) is 5.26.